The lowest BCUT2D eigenvalue weighted by Crippen LogP contribution is -2.40. The van der Waals surface area contributed by atoms with Gasteiger partial charge >= 0.3 is 0 Å². The minimum atomic E-state index is -3.60. The molecule has 2 aromatic rings. The van der Waals surface area contributed by atoms with Crippen LogP contribution in [-0.2, 0) is 21.4 Å². The van der Waals surface area contributed by atoms with Gasteiger partial charge in [0.15, 0.2) is 0 Å². The number of hydrogen-bond donors (Lipinski definition) is 1. The van der Waals surface area contributed by atoms with E-state index in [0.717, 1.165) is 21.0 Å². The molecule has 0 aliphatic carbocycles. The SMILES string of the molecule is COc1ccccc1CNC(=O)CN(c1cccc(SC)c1)S(C)(=O)=O. The topological polar surface area (TPSA) is 75.7 Å². The molecule has 0 saturated heterocycles. The van der Waals surface area contributed by atoms with Crippen molar-refractivity contribution in [2.24, 2.45) is 0 Å². The molecule has 0 unspecified atom stereocenters. The molecule has 0 saturated carbocycles. The first kappa shape index (κ1) is 20.1. The van der Waals surface area contributed by atoms with Gasteiger partial charge in [-0.2, -0.15) is 0 Å². The molecule has 0 spiro atoms. The fourth-order valence-electron chi connectivity index (χ4n) is 2.39. The number of thioether (sulfide) groups is 1. The van der Waals surface area contributed by atoms with Crippen molar-refractivity contribution in [3.8, 4) is 5.75 Å². The van der Waals surface area contributed by atoms with Gasteiger partial charge in [0.05, 0.1) is 19.1 Å². The number of nitrogens with zero attached hydrogens (tertiary/aromatic N) is 1. The van der Waals surface area contributed by atoms with Crippen LogP contribution in [0.25, 0.3) is 0 Å². The third kappa shape index (κ3) is 5.40. The summed E-state index contributed by atoms with van der Waals surface area (Å²) in [5.41, 5.74) is 1.28. The number of sulfonamides is 1. The van der Waals surface area contributed by atoms with E-state index in [4.69, 9.17) is 4.74 Å². The van der Waals surface area contributed by atoms with E-state index in [2.05, 4.69) is 5.32 Å². The normalized spacial score (nSPS) is 11.0. The summed E-state index contributed by atoms with van der Waals surface area (Å²) in [4.78, 5) is 13.3. The number of carbonyl (C=O) groups is 1. The van der Waals surface area contributed by atoms with Gasteiger partial charge in [-0.25, -0.2) is 8.42 Å². The average Bonchev–Trinajstić information content (AvgIpc) is 2.63. The van der Waals surface area contributed by atoms with Gasteiger partial charge in [-0.1, -0.05) is 24.3 Å². The molecule has 0 radical (unpaired) electrons. The second kappa shape index (κ2) is 8.95. The molecule has 0 bridgehead atoms. The standard InChI is InChI=1S/C18H22N2O4S2/c1-24-17-10-5-4-7-14(17)12-19-18(21)13-20(26(3,22)23)15-8-6-9-16(11-15)25-2/h4-11H,12-13H2,1-3H3,(H,19,21). The van der Waals surface area contributed by atoms with Crippen molar-refractivity contribution in [2.45, 2.75) is 11.4 Å². The highest BCUT2D eigenvalue weighted by atomic mass is 32.2. The highest BCUT2D eigenvalue weighted by Gasteiger charge is 2.21. The molecule has 0 aliphatic rings. The molecule has 2 rings (SSSR count). The fraction of sp³-hybridized carbons (Fsp3) is 0.278. The predicted octanol–water partition coefficient (Wildman–Crippen LogP) is 2.50. The molecule has 8 heteroatoms. The van der Waals surface area contributed by atoms with Crippen LogP contribution in [0.4, 0.5) is 5.69 Å². The van der Waals surface area contributed by atoms with E-state index in [0.29, 0.717) is 11.4 Å². The summed E-state index contributed by atoms with van der Waals surface area (Å²) in [6.07, 6.45) is 3.00. The van der Waals surface area contributed by atoms with Crippen molar-refractivity contribution in [2.75, 3.05) is 30.5 Å². The Hall–Kier alpha value is -2.19. The van der Waals surface area contributed by atoms with Crippen LogP contribution in [0.15, 0.2) is 53.4 Å². The monoisotopic (exact) mass is 394 g/mol. The van der Waals surface area contributed by atoms with Crippen LogP contribution in [0.1, 0.15) is 5.56 Å². The van der Waals surface area contributed by atoms with Crippen molar-refractivity contribution >= 4 is 33.4 Å². The first-order valence-electron chi connectivity index (χ1n) is 7.85. The maximum atomic E-state index is 12.3. The second-order valence-corrected chi connectivity index (χ2v) is 8.35. The van der Waals surface area contributed by atoms with Gasteiger partial charge in [0.1, 0.15) is 12.3 Å². The first-order valence-corrected chi connectivity index (χ1v) is 10.9. The van der Waals surface area contributed by atoms with Gasteiger partial charge in [-0.15, -0.1) is 11.8 Å². The van der Waals surface area contributed by atoms with Gasteiger partial charge in [0.25, 0.3) is 0 Å². The summed E-state index contributed by atoms with van der Waals surface area (Å²) < 4.78 is 30.7. The van der Waals surface area contributed by atoms with Gasteiger partial charge in [-0.05, 0) is 30.5 Å². The molecule has 0 aliphatic heterocycles. The minimum absolute atomic E-state index is 0.255. The van der Waals surface area contributed by atoms with Gasteiger partial charge in [0.2, 0.25) is 15.9 Å². The number of ether oxygens (including phenoxy) is 1. The summed E-state index contributed by atoms with van der Waals surface area (Å²) in [7, 11) is -2.03. The van der Waals surface area contributed by atoms with E-state index in [-0.39, 0.29) is 13.1 Å². The maximum absolute atomic E-state index is 12.3. The van der Waals surface area contributed by atoms with Crippen LogP contribution < -0.4 is 14.4 Å². The fourth-order valence-corrected chi connectivity index (χ4v) is 3.70. The highest BCUT2D eigenvalue weighted by Crippen LogP contribution is 2.24. The van der Waals surface area contributed by atoms with Gasteiger partial charge in [0, 0.05) is 17.0 Å². The highest BCUT2D eigenvalue weighted by molar-refractivity contribution is 7.98. The lowest BCUT2D eigenvalue weighted by atomic mass is 10.2. The molecule has 140 valence electrons. The molecule has 6 nitrogen and oxygen atoms in total. The van der Waals surface area contributed by atoms with Crippen molar-refractivity contribution in [1.29, 1.82) is 0 Å². The van der Waals surface area contributed by atoms with E-state index in [9.17, 15) is 13.2 Å². The van der Waals surface area contributed by atoms with E-state index in [1.807, 2.05) is 30.5 Å². The number of methoxy groups -OCH3 is 1. The smallest absolute Gasteiger partial charge is 0.241 e. The number of anilines is 1. The number of rotatable bonds is 8. The van der Waals surface area contributed by atoms with Crippen LogP contribution in [0.2, 0.25) is 0 Å². The van der Waals surface area contributed by atoms with Crippen LogP contribution in [0, 0.1) is 0 Å². The molecule has 1 N–H and O–H groups in total. The number of carbonyl (C=O) groups excluding carboxylic acids is 1. The van der Waals surface area contributed by atoms with Crippen LogP contribution in [0.5, 0.6) is 5.75 Å². The lowest BCUT2D eigenvalue weighted by Gasteiger charge is -2.22. The first-order chi connectivity index (χ1) is 12.3. The predicted molar refractivity (Wildman–Crippen MR) is 105 cm³/mol. The second-order valence-electron chi connectivity index (χ2n) is 5.56. The Labute approximate surface area is 158 Å². The molecule has 0 fully saturated rings. The summed E-state index contributed by atoms with van der Waals surface area (Å²) in [6.45, 7) is -0.0306. The molecule has 2 aromatic carbocycles. The maximum Gasteiger partial charge on any atom is 0.241 e. The minimum Gasteiger partial charge on any atom is -0.496 e. The molecule has 1 amide bonds. The quantitative estimate of drug-likeness (QED) is 0.696. The molecule has 0 heterocycles. The van der Waals surface area contributed by atoms with E-state index in [1.54, 1.807) is 31.4 Å². The van der Waals surface area contributed by atoms with Crippen molar-refractivity contribution in [3.05, 3.63) is 54.1 Å². The van der Waals surface area contributed by atoms with Crippen LogP contribution >= 0.6 is 11.8 Å². The number of benzene rings is 2. The van der Waals surface area contributed by atoms with Gasteiger partial charge < -0.3 is 10.1 Å². The number of nitrogens with one attached hydrogen (secondary N) is 1. The Morgan fingerprint density at radius 2 is 1.92 bits per heavy atom. The summed E-state index contributed by atoms with van der Waals surface area (Å²) in [5.74, 6) is 0.274. The Kier molecular flexibility index (Phi) is 6.93. The zero-order chi connectivity index (χ0) is 19.2. The van der Waals surface area contributed by atoms with Crippen LogP contribution in [0.3, 0.4) is 0 Å². The van der Waals surface area contributed by atoms with Crippen LogP contribution in [-0.4, -0.2) is 40.5 Å². The summed E-state index contributed by atoms with van der Waals surface area (Å²) in [6, 6.07) is 14.4. The van der Waals surface area contributed by atoms with Gasteiger partial charge in [-0.3, -0.25) is 9.10 Å². The van der Waals surface area contributed by atoms with Crippen molar-refractivity contribution in [3.63, 3.8) is 0 Å². The van der Waals surface area contributed by atoms with Crippen molar-refractivity contribution < 1.29 is 17.9 Å². The zero-order valence-electron chi connectivity index (χ0n) is 14.9. The summed E-state index contributed by atoms with van der Waals surface area (Å²) >= 11 is 1.51. The largest absolute Gasteiger partial charge is 0.496 e. The lowest BCUT2D eigenvalue weighted by molar-refractivity contribution is -0.119. The van der Waals surface area contributed by atoms with E-state index in [1.165, 1.54) is 11.8 Å². The number of hydrogen-bond acceptors (Lipinski definition) is 5. The number of para-hydroxylation sites is 1. The molecule has 0 aromatic heterocycles. The Morgan fingerprint density at radius 1 is 1.19 bits per heavy atom. The van der Waals surface area contributed by atoms with Crippen molar-refractivity contribution in [1.82, 2.24) is 5.32 Å². The molecular formula is C18H22N2O4S2. The Morgan fingerprint density at radius 3 is 2.58 bits per heavy atom. The Balaban J connectivity index is 2.12. The van der Waals surface area contributed by atoms with E-state index < -0.39 is 15.9 Å². The summed E-state index contributed by atoms with van der Waals surface area (Å²) in [5, 5.41) is 2.74. The zero-order valence-corrected chi connectivity index (χ0v) is 16.6. The third-order valence-corrected chi connectivity index (χ3v) is 5.56. The molecule has 26 heavy (non-hydrogen) atoms. The molecular weight excluding hydrogens is 372 g/mol. The average molecular weight is 395 g/mol. The number of amides is 1. The van der Waals surface area contributed by atoms with E-state index >= 15 is 0 Å². The third-order valence-electron chi connectivity index (χ3n) is 3.70. The Bertz CT molecular complexity index is 869. The molecule has 0 atom stereocenters.